The van der Waals surface area contributed by atoms with E-state index in [4.69, 9.17) is 5.73 Å². The van der Waals surface area contributed by atoms with E-state index in [1.54, 1.807) is 0 Å². The lowest BCUT2D eigenvalue weighted by atomic mass is 10.1. The van der Waals surface area contributed by atoms with Gasteiger partial charge in [0.2, 0.25) is 0 Å². The topological polar surface area (TPSA) is 42.1 Å². The molecule has 1 aromatic rings. The van der Waals surface area contributed by atoms with Gasteiger partial charge in [-0.2, -0.15) is 0 Å². The first-order valence-electron chi connectivity index (χ1n) is 7.04. The Bertz CT molecular complexity index is 347. The Morgan fingerprint density at radius 2 is 2.00 bits per heavy atom. The summed E-state index contributed by atoms with van der Waals surface area (Å²) in [6.45, 7) is 9.74. The van der Waals surface area contributed by atoms with Gasteiger partial charge in [0.15, 0.2) is 0 Å². The lowest BCUT2D eigenvalue weighted by Gasteiger charge is -2.28. The quantitative estimate of drug-likeness (QED) is 0.752. The van der Waals surface area contributed by atoms with Crippen molar-refractivity contribution >= 4 is 5.82 Å². The van der Waals surface area contributed by atoms with Crippen LogP contribution in [0.25, 0.3) is 0 Å². The number of aromatic nitrogens is 1. The zero-order chi connectivity index (χ0) is 13.5. The predicted octanol–water partition coefficient (Wildman–Crippen LogP) is 3.51. The number of hydrogen-bond donors (Lipinski definition) is 1. The second-order valence-electron chi connectivity index (χ2n) is 5.23. The molecule has 0 aliphatic carbocycles. The number of rotatable bonds is 7. The van der Waals surface area contributed by atoms with Crippen LogP contribution in [0.3, 0.4) is 0 Å². The Balaban J connectivity index is 2.81. The zero-order valence-electron chi connectivity index (χ0n) is 12.2. The van der Waals surface area contributed by atoms with Gasteiger partial charge in [0.05, 0.1) is 0 Å². The summed E-state index contributed by atoms with van der Waals surface area (Å²) in [5, 5.41) is 0. The molecule has 3 heteroatoms. The standard InChI is InChI=1S/C15H27N3/c1-5-6-7-10-18(12(2)3)15-11-14(13(4)16)8-9-17-15/h8-9,11-13H,5-7,10,16H2,1-4H3. The van der Waals surface area contributed by atoms with Crippen LogP contribution in [0.15, 0.2) is 18.3 Å². The first-order chi connectivity index (χ1) is 8.56. The second kappa shape index (κ2) is 7.37. The van der Waals surface area contributed by atoms with Gasteiger partial charge in [-0.3, -0.25) is 0 Å². The van der Waals surface area contributed by atoms with Crippen LogP contribution < -0.4 is 10.6 Å². The van der Waals surface area contributed by atoms with Gasteiger partial charge >= 0.3 is 0 Å². The molecule has 102 valence electrons. The Labute approximate surface area is 111 Å². The van der Waals surface area contributed by atoms with E-state index in [-0.39, 0.29) is 6.04 Å². The van der Waals surface area contributed by atoms with Crippen molar-refractivity contribution in [2.75, 3.05) is 11.4 Å². The molecular weight excluding hydrogens is 222 g/mol. The molecule has 0 amide bonds. The van der Waals surface area contributed by atoms with Gasteiger partial charge < -0.3 is 10.6 Å². The molecule has 0 saturated carbocycles. The van der Waals surface area contributed by atoms with Gasteiger partial charge in [0.1, 0.15) is 5.82 Å². The van der Waals surface area contributed by atoms with Crippen molar-refractivity contribution in [2.24, 2.45) is 5.73 Å². The van der Waals surface area contributed by atoms with Gasteiger partial charge in [0.25, 0.3) is 0 Å². The lowest BCUT2D eigenvalue weighted by molar-refractivity contribution is 0.619. The Hall–Kier alpha value is -1.09. The van der Waals surface area contributed by atoms with E-state index >= 15 is 0 Å². The van der Waals surface area contributed by atoms with E-state index in [2.05, 4.69) is 36.7 Å². The third-order valence-corrected chi connectivity index (χ3v) is 3.22. The van der Waals surface area contributed by atoms with Crippen molar-refractivity contribution in [3.05, 3.63) is 23.9 Å². The molecule has 2 N–H and O–H groups in total. The van der Waals surface area contributed by atoms with Gasteiger partial charge in [0, 0.05) is 24.8 Å². The first kappa shape index (κ1) is 15.0. The predicted molar refractivity (Wildman–Crippen MR) is 78.8 cm³/mol. The molecule has 0 bridgehead atoms. The molecular formula is C15H27N3. The maximum Gasteiger partial charge on any atom is 0.129 e. The van der Waals surface area contributed by atoms with E-state index in [1.165, 1.54) is 19.3 Å². The maximum absolute atomic E-state index is 5.93. The van der Waals surface area contributed by atoms with Crippen LogP contribution in [0.1, 0.15) is 58.6 Å². The van der Waals surface area contributed by atoms with Crippen LogP contribution in [-0.4, -0.2) is 17.6 Å². The number of nitrogens with zero attached hydrogens (tertiary/aromatic N) is 2. The van der Waals surface area contributed by atoms with Crippen LogP contribution in [0.4, 0.5) is 5.82 Å². The monoisotopic (exact) mass is 249 g/mol. The smallest absolute Gasteiger partial charge is 0.129 e. The summed E-state index contributed by atoms with van der Waals surface area (Å²) in [7, 11) is 0. The van der Waals surface area contributed by atoms with Crippen molar-refractivity contribution in [2.45, 2.75) is 59.0 Å². The van der Waals surface area contributed by atoms with Crippen molar-refractivity contribution in [1.82, 2.24) is 4.98 Å². The van der Waals surface area contributed by atoms with E-state index in [0.29, 0.717) is 6.04 Å². The van der Waals surface area contributed by atoms with Gasteiger partial charge in [-0.15, -0.1) is 0 Å². The number of pyridine rings is 1. The zero-order valence-corrected chi connectivity index (χ0v) is 12.2. The van der Waals surface area contributed by atoms with Gasteiger partial charge in [-0.1, -0.05) is 19.8 Å². The van der Waals surface area contributed by atoms with Crippen LogP contribution in [0.2, 0.25) is 0 Å². The molecule has 3 nitrogen and oxygen atoms in total. The highest BCUT2D eigenvalue weighted by Gasteiger charge is 2.12. The summed E-state index contributed by atoms with van der Waals surface area (Å²) >= 11 is 0. The molecule has 0 aliphatic heterocycles. The summed E-state index contributed by atoms with van der Waals surface area (Å²) in [6.07, 6.45) is 5.61. The Morgan fingerprint density at radius 3 is 2.56 bits per heavy atom. The SMILES string of the molecule is CCCCCN(c1cc(C(C)N)ccn1)C(C)C. The van der Waals surface area contributed by atoms with Crippen molar-refractivity contribution in [3.63, 3.8) is 0 Å². The van der Waals surface area contributed by atoms with Crippen LogP contribution >= 0.6 is 0 Å². The summed E-state index contributed by atoms with van der Waals surface area (Å²) < 4.78 is 0. The molecule has 0 saturated heterocycles. The van der Waals surface area contributed by atoms with Crippen LogP contribution in [0.5, 0.6) is 0 Å². The van der Waals surface area contributed by atoms with Crippen molar-refractivity contribution < 1.29 is 0 Å². The molecule has 1 unspecified atom stereocenters. The fourth-order valence-electron chi connectivity index (χ4n) is 2.04. The summed E-state index contributed by atoms with van der Waals surface area (Å²) in [4.78, 5) is 6.86. The molecule has 0 radical (unpaired) electrons. The first-order valence-corrected chi connectivity index (χ1v) is 7.04. The molecule has 1 atom stereocenters. The van der Waals surface area contributed by atoms with Gasteiger partial charge in [-0.25, -0.2) is 4.98 Å². The molecule has 18 heavy (non-hydrogen) atoms. The fourth-order valence-corrected chi connectivity index (χ4v) is 2.04. The van der Waals surface area contributed by atoms with Gasteiger partial charge in [-0.05, 0) is 44.9 Å². The number of unbranched alkanes of at least 4 members (excludes halogenated alkanes) is 2. The normalized spacial score (nSPS) is 12.8. The summed E-state index contributed by atoms with van der Waals surface area (Å²) in [5.74, 6) is 1.05. The molecule has 0 fully saturated rings. The number of nitrogens with two attached hydrogens (primary N) is 1. The molecule has 0 spiro atoms. The van der Waals surface area contributed by atoms with E-state index in [1.807, 2.05) is 19.2 Å². The Kier molecular flexibility index (Phi) is 6.13. The summed E-state index contributed by atoms with van der Waals surface area (Å²) in [6, 6.07) is 4.66. The fraction of sp³-hybridized carbons (Fsp3) is 0.667. The minimum absolute atomic E-state index is 0.0661. The summed E-state index contributed by atoms with van der Waals surface area (Å²) in [5.41, 5.74) is 7.09. The highest BCUT2D eigenvalue weighted by molar-refractivity contribution is 5.42. The van der Waals surface area contributed by atoms with E-state index < -0.39 is 0 Å². The Morgan fingerprint density at radius 1 is 1.28 bits per heavy atom. The second-order valence-corrected chi connectivity index (χ2v) is 5.23. The largest absolute Gasteiger partial charge is 0.354 e. The third kappa shape index (κ3) is 4.30. The number of anilines is 1. The van der Waals surface area contributed by atoms with Crippen LogP contribution in [0, 0.1) is 0 Å². The van der Waals surface area contributed by atoms with E-state index in [0.717, 1.165) is 17.9 Å². The molecule has 0 aromatic carbocycles. The molecule has 1 aromatic heterocycles. The average Bonchev–Trinajstić information content (AvgIpc) is 2.34. The average molecular weight is 249 g/mol. The van der Waals surface area contributed by atoms with Crippen molar-refractivity contribution in [1.29, 1.82) is 0 Å². The number of hydrogen-bond acceptors (Lipinski definition) is 3. The highest BCUT2D eigenvalue weighted by atomic mass is 15.2. The third-order valence-electron chi connectivity index (χ3n) is 3.22. The molecule has 1 heterocycles. The minimum atomic E-state index is 0.0661. The lowest BCUT2D eigenvalue weighted by Crippen LogP contribution is -2.32. The molecule has 0 aliphatic rings. The minimum Gasteiger partial charge on any atom is -0.354 e. The van der Waals surface area contributed by atoms with Crippen molar-refractivity contribution in [3.8, 4) is 0 Å². The van der Waals surface area contributed by atoms with Crippen LogP contribution in [-0.2, 0) is 0 Å². The van der Waals surface area contributed by atoms with E-state index in [9.17, 15) is 0 Å². The maximum atomic E-state index is 5.93. The highest BCUT2D eigenvalue weighted by Crippen LogP contribution is 2.19. The molecule has 1 rings (SSSR count).